The Bertz CT molecular complexity index is 1280. The summed E-state index contributed by atoms with van der Waals surface area (Å²) >= 11 is 11.9. The van der Waals surface area contributed by atoms with Crippen molar-refractivity contribution in [2.75, 3.05) is 36.4 Å². The molecule has 3 aromatic carbocycles. The second-order valence-electron chi connectivity index (χ2n) is 8.91. The van der Waals surface area contributed by atoms with Gasteiger partial charge >= 0.3 is 0 Å². The number of nitrogens with one attached hydrogen (secondary N) is 2. The maximum absolute atomic E-state index is 12.7. The van der Waals surface area contributed by atoms with Crippen molar-refractivity contribution < 1.29 is 14.3 Å². The monoisotopic (exact) mass is 536 g/mol. The molecule has 0 bridgehead atoms. The Morgan fingerprint density at radius 1 is 0.919 bits per heavy atom. The van der Waals surface area contributed by atoms with Crippen LogP contribution < -0.4 is 20.3 Å². The third-order valence-electron chi connectivity index (χ3n) is 5.83. The molecule has 0 radical (unpaired) electrons. The van der Waals surface area contributed by atoms with Crippen LogP contribution in [0.3, 0.4) is 0 Å². The standard InChI is InChI=1S/C28H29ClN4O3S/c1-19(2)36-23-10-6-9-21(17-23)26(34)31-28(37)30-22-11-12-25(24(29)18-22)32-13-15-33(16-14-32)27(35)20-7-4-3-5-8-20/h3-12,17-19H,13-16H2,1-2H3,(H2,30,31,34,37). The van der Waals surface area contributed by atoms with Crippen LogP contribution in [0.5, 0.6) is 5.75 Å². The van der Waals surface area contributed by atoms with Gasteiger partial charge in [-0.1, -0.05) is 35.9 Å². The largest absolute Gasteiger partial charge is 0.491 e. The average Bonchev–Trinajstić information content (AvgIpc) is 2.89. The molecule has 0 atom stereocenters. The third-order valence-corrected chi connectivity index (χ3v) is 6.34. The normalized spacial score (nSPS) is 13.3. The molecule has 1 aliphatic heterocycles. The van der Waals surface area contributed by atoms with E-state index < -0.39 is 0 Å². The van der Waals surface area contributed by atoms with Crippen molar-refractivity contribution in [3.05, 3.63) is 88.9 Å². The van der Waals surface area contributed by atoms with Gasteiger partial charge in [-0.05, 0) is 74.6 Å². The number of carbonyl (C=O) groups excluding carboxylic acids is 2. The van der Waals surface area contributed by atoms with E-state index in [1.54, 1.807) is 30.3 Å². The molecule has 0 aromatic heterocycles. The lowest BCUT2D eigenvalue weighted by molar-refractivity contribution is 0.0746. The molecule has 7 nitrogen and oxygen atoms in total. The van der Waals surface area contributed by atoms with E-state index in [1.165, 1.54) is 0 Å². The number of hydrogen-bond acceptors (Lipinski definition) is 5. The second-order valence-corrected chi connectivity index (χ2v) is 9.73. The summed E-state index contributed by atoms with van der Waals surface area (Å²) in [5.41, 5.74) is 2.69. The summed E-state index contributed by atoms with van der Waals surface area (Å²) in [7, 11) is 0. The van der Waals surface area contributed by atoms with Gasteiger partial charge in [0.15, 0.2) is 5.11 Å². The molecule has 9 heteroatoms. The summed E-state index contributed by atoms with van der Waals surface area (Å²) in [6, 6.07) is 21.8. The van der Waals surface area contributed by atoms with Gasteiger partial charge in [-0.3, -0.25) is 14.9 Å². The predicted molar refractivity (Wildman–Crippen MR) is 152 cm³/mol. The quantitative estimate of drug-likeness (QED) is 0.421. The van der Waals surface area contributed by atoms with Gasteiger partial charge in [-0.15, -0.1) is 0 Å². The van der Waals surface area contributed by atoms with Gasteiger partial charge in [0.1, 0.15) is 5.75 Å². The summed E-state index contributed by atoms with van der Waals surface area (Å²) < 4.78 is 5.65. The van der Waals surface area contributed by atoms with Gasteiger partial charge in [-0.25, -0.2) is 0 Å². The minimum Gasteiger partial charge on any atom is -0.491 e. The van der Waals surface area contributed by atoms with Crippen LogP contribution in [0.4, 0.5) is 11.4 Å². The lowest BCUT2D eigenvalue weighted by Gasteiger charge is -2.36. The molecular formula is C28H29ClN4O3S. The number of rotatable bonds is 6. The molecule has 4 rings (SSSR count). The molecule has 0 unspecified atom stereocenters. The maximum Gasteiger partial charge on any atom is 0.257 e. The number of halogens is 1. The molecule has 0 spiro atoms. The Balaban J connectivity index is 1.31. The molecule has 1 fully saturated rings. The fourth-order valence-electron chi connectivity index (χ4n) is 4.08. The molecule has 2 N–H and O–H groups in total. The summed E-state index contributed by atoms with van der Waals surface area (Å²) in [6.45, 7) is 6.44. The van der Waals surface area contributed by atoms with Crippen LogP contribution in [0.15, 0.2) is 72.8 Å². The summed E-state index contributed by atoms with van der Waals surface area (Å²) in [4.78, 5) is 29.4. The second kappa shape index (κ2) is 12.1. The first-order chi connectivity index (χ1) is 17.8. The maximum atomic E-state index is 12.7. The molecule has 3 aromatic rings. The zero-order valence-electron chi connectivity index (χ0n) is 20.7. The number of nitrogens with zero attached hydrogens (tertiary/aromatic N) is 2. The summed E-state index contributed by atoms with van der Waals surface area (Å²) in [5, 5.41) is 6.42. The Kier molecular flexibility index (Phi) is 8.63. The molecule has 1 saturated heterocycles. The van der Waals surface area contributed by atoms with E-state index in [0.29, 0.717) is 53.8 Å². The van der Waals surface area contributed by atoms with E-state index in [2.05, 4.69) is 15.5 Å². The van der Waals surface area contributed by atoms with Crippen LogP contribution in [-0.4, -0.2) is 54.1 Å². The third kappa shape index (κ3) is 6.99. The molecule has 0 aliphatic carbocycles. The summed E-state index contributed by atoms with van der Waals surface area (Å²) in [6.07, 6.45) is 0.00873. The van der Waals surface area contributed by atoms with E-state index in [-0.39, 0.29) is 23.0 Å². The molecule has 2 amide bonds. The summed E-state index contributed by atoms with van der Waals surface area (Å²) in [5.74, 6) is 0.326. The highest BCUT2D eigenvalue weighted by molar-refractivity contribution is 7.80. The van der Waals surface area contributed by atoms with Crippen LogP contribution >= 0.6 is 23.8 Å². The first-order valence-corrected chi connectivity index (χ1v) is 12.9. The van der Waals surface area contributed by atoms with Gasteiger partial charge in [-0.2, -0.15) is 0 Å². The Labute approximate surface area is 227 Å². The lowest BCUT2D eigenvalue weighted by atomic mass is 10.1. The number of ether oxygens (including phenoxy) is 1. The van der Waals surface area contributed by atoms with Gasteiger partial charge in [0.2, 0.25) is 0 Å². The number of piperazine rings is 1. The minimum absolute atomic E-state index is 0.00873. The first kappa shape index (κ1) is 26.4. The number of carbonyl (C=O) groups is 2. The predicted octanol–water partition coefficient (Wildman–Crippen LogP) is 5.22. The van der Waals surface area contributed by atoms with Crippen molar-refractivity contribution >= 4 is 52.1 Å². The van der Waals surface area contributed by atoms with Gasteiger partial charge in [0.25, 0.3) is 11.8 Å². The molecule has 1 heterocycles. The van der Waals surface area contributed by atoms with E-state index in [9.17, 15) is 9.59 Å². The van der Waals surface area contributed by atoms with Crippen molar-refractivity contribution in [2.45, 2.75) is 20.0 Å². The molecule has 0 saturated carbocycles. The zero-order valence-corrected chi connectivity index (χ0v) is 22.3. The molecule has 192 valence electrons. The van der Waals surface area contributed by atoms with Crippen molar-refractivity contribution in [3.63, 3.8) is 0 Å². The highest BCUT2D eigenvalue weighted by atomic mass is 35.5. The number of benzene rings is 3. The van der Waals surface area contributed by atoms with Gasteiger partial charge in [0.05, 0.1) is 16.8 Å². The molecule has 37 heavy (non-hydrogen) atoms. The number of amides is 2. The van der Waals surface area contributed by atoms with E-state index in [4.69, 9.17) is 28.6 Å². The van der Waals surface area contributed by atoms with Crippen LogP contribution in [0, 0.1) is 0 Å². The average molecular weight is 537 g/mol. The van der Waals surface area contributed by atoms with Crippen molar-refractivity contribution in [1.29, 1.82) is 0 Å². The Morgan fingerprint density at radius 3 is 2.30 bits per heavy atom. The fraction of sp³-hybridized carbons (Fsp3) is 0.250. The number of thiocarbonyl (C=S) groups is 1. The zero-order chi connectivity index (χ0) is 26.4. The van der Waals surface area contributed by atoms with Crippen LogP contribution in [0.25, 0.3) is 0 Å². The molecule has 1 aliphatic rings. The fourth-order valence-corrected chi connectivity index (χ4v) is 4.59. The van der Waals surface area contributed by atoms with E-state index in [1.807, 2.05) is 61.2 Å². The molecular weight excluding hydrogens is 508 g/mol. The SMILES string of the molecule is CC(C)Oc1cccc(C(=O)NC(=S)Nc2ccc(N3CCN(C(=O)c4ccccc4)CC3)c(Cl)c2)c1. The van der Waals surface area contributed by atoms with Gasteiger partial charge < -0.3 is 19.9 Å². The number of anilines is 2. The van der Waals surface area contributed by atoms with E-state index in [0.717, 1.165) is 5.69 Å². The number of hydrogen-bond donors (Lipinski definition) is 2. The topological polar surface area (TPSA) is 73.9 Å². The minimum atomic E-state index is -0.336. The van der Waals surface area contributed by atoms with Crippen molar-refractivity contribution in [2.24, 2.45) is 0 Å². The van der Waals surface area contributed by atoms with Crippen molar-refractivity contribution in [1.82, 2.24) is 10.2 Å². The van der Waals surface area contributed by atoms with Crippen LogP contribution in [0.1, 0.15) is 34.6 Å². The first-order valence-electron chi connectivity index (χ1n) is 12.1. The lowest BCUT2D eigenvalue weighted by Crippen LogP contribution is -2.48. The van der Waals surface area contributed by atoms with E-state index >= 15 is 0 Å². The van der Waals surface area contributed by atoms with Crippen LogP contribution in [0.2, 0.25) is 5.02 Å². The highest BCUT2D eigenvalue weighted by Crippen LogP contribution is 2.30. The Morgan fingerprint density at radius 2 is 1.62 bits per heavy atom. The van der Waals surface area contributed by atoms with Crippen molar-refractivity contribution in [3.8, 4) is 5.75 Å². The smallest absolute Gasteiger partial charge is 0.257 e. The highest BCUT2D eigenvalue weighted by Gasteiger charge is 2.23. The Hall–Kier alpha value is -3.62. The van der Waals surface area contributed by atoms with Crippen LogP contribution in [-0.2, 0) is 0 Å². The van der Waals surface area contributed by atoms with Gasteiger partial charge in [0, 0.05) is 43.0 Å².